The lowest BCUT2D eigenvalue weighted by atomic mass is 9.77. The lowest BCUT2D eigenvalue weighted by molar-refractivity contribution is -0.130. The average Bonchev–Trinajstić information content (AvgIpc) is 3.00. The Morgan fingerprint density at radius 2 is 1.74 bits per heavy atom. The zero-order valence-corrected chi connectivity index (χ0v) is 17.0. The summed E-state index contributed by atoms with van der Waals surface area (Å²) in [7, 11) is 1.71. The predicted octanol–water partition coefficient (Wildman–Crippen LogP) is 2.62. The summed E-state index contributed by atoms with van der Waals surface area (Å²) in [5.74, 6) is 1.16. The number of fused-ring (bicyclic) bond motifs is 1. The minimum absolute atomic E-state index is 0.0140. The fraction of sp³-hybridized carbons (Fsp3) is 0.636. The average molecular weight is 373 g/mol. The van der Waals surface area contributed by atoms with Gasteiger partial charge in [-0.2, -0.15) is 0 Å². The van der Waals surface area contributed by atoms with Crippen LogP contribution in [0.2, 0.25) is 0 Å². The monoisotopic (exact) mass is 372 g/mol. The van der Waals surface area contributed by atoms with Crippen LogP contribution in [-0.2, 0) is 20.7 Å². The molecule has 1 aliphatic heterocycles. The summed E-state index contributed by atoms with van der Waals surface area (Å²) in [6.45, 7) is 7.38. The number of rotatable bonds is 5. The normalized spacial score (nSPS) is 27.3. The molecule has 0 aromatic heterocycles. The van der Waals surface area contributed by atoms with Crippen molar-refractivity contribution in [3.63, 3.8) is 0 Å². The number of hydrogen-bond donors (Lipinski definition) is 1. The first kappa shape index (κ1) is 19.9. The van der Waals surface area contributed by atoms with E-state index in [-0.39, 0.29) is 24.0 Å². The van der Waals surface area contributed by atoms with Gasteiger partial charge in [-0.3, -0.25) is 9.59 Å². The number of methoxy groups -OCH3 is 1. The lowest BCUT2D eigenvalue weighted by Crippen LogP contribution is -2.49. The molecule has 1 heterocycles. The van der Waals surface area contributed by atoms with Crippen LogP contribution in [0.1, 0.15) is 42.9 Å². The number of amides is 2. The molecule has 148 valence electrons. The van der Waals surface area contributed by atoms with Crippen LogP contribution < -0.4 is 5.32 Å². The Kier molecular flexibility index (Phi) is 6.20. The maximum Gasteiger partial charge on any atom is 0.222 e. The van der Waals surface area contributed by atoms with Gasteiger partial charge in [-0.15, -0.1) is 0 Å². The van der Waals surface area contributed by atoms with E-state index in [1.807, 2.05) is 4.90 Å². The molecule has 2 amide bonds. The van der Waals surface area contributed by atoms with Crippen molar-refractivity contribution >= 4 is 11.8 Å². The smallest absolute Gasteiger partial charge is 0.222 e. The van der Waals surface area contributed by atoms with Crippen LogP contribution in [0.3, 0.4) is 0 Å². The Bertz CT molecular complexity index is 683. The Labute approximate surface area is 162 Å². The predicted molar refractivity (Wildman–Crippen MR) is 105 cm³/mol. The van der Waals surface area contributed by atoms with Crippen molar-refractivity contribution in [3.8, 4) is 0 Å². The number of carbonyl (C=O) groups is 2. The van der Waals surface area contributed by atoms with Gasteiger partial charge in [-0.05, 0) is 50.5 Å². The molecule has 1 N–H and O–H groups in total. The van der Waals surface area contributed by atoms with E-state index in [0.717, 1.165) is 32.4 Å². The molecule has 1 saturated carbocycles. The zero-order chi connectivity index (χ0) is 19.6. The number of benzene rings is 1. The van der Waals surface area contributed by atoms with Gasteiger partial charge in [0.15, 0.2) is 0 Å². The van der Waals surface area contributed by atoms with Gasteiger partial charge < -0.3 is 15.0 Å². The number of nitrogens with zero attached hydrogens (tertiary/aromatic N) is 1. The molecular formula is C22H32N2O3. The zero-order valence-electron chi connectivity index (χ0n) is 17.0. The summed E-state index contributed by atoms with van der Waals surface area (Å²) in [5, 5.41) is 3.03. The molecule has 4 atom stereocenters. The van der Waals surface area contributed by atoms with Crippen LogP contribution in [-0.4, -0.2) is 49.1 Å². The second kappa shape index (κ2) is 8.42. The first-order chi connectivity index (χ1) is 12.9. The highest BCUT2D eigenvalue weighted by Crippen LogP contribution is 2.37. The van der Waals surface area contributed by atoms with Gasteiger partial charge in [0, 0.05) is 33.5 Å². The Morgan fingerprint density at radius 1 is 1.11 bits per heavy atom. The molecule has 27 heavy (non-hydrogen) atoms. The Balaban J connectivity index is 1.56. The molecule has 5 nitrogen and oxygen atoms in total. The molecule has 2 aliphatic rings. The third-order valence-electron chi connectivity index (χ3n) is 6.07. The maximum absolute atomic E-state index is 12.8. The minimum Gasteiger partial charge on any atom is -0.379 e. The summed E-state index contributed by atoms with van der Waals surface area (Å²) in [6.07, 6.45) is 3.20. The molecule has 0 spiro atoms. The van der Waals surface area contributed by atoms with E-state index < -0.39 is 0 Å². The summed E-state index contributed by atoms with van der Waals surface area (Å²) in [4.78, 5) is 26.3. The van der Waals surface area contributed by atoms with Crippen LogP contribution in [0.4, 0.5) is 0 Å². The van der Waals surface area contributed by atoms with Crippen LogP contribution in [0.5, 0.6) is 0 Å². The van der Waals surface area contributed by atoms with E-state index in [1.165, 1.54) is 16.7 Å². The molecule has 1 saturated heterocycles. The van der Waals surface area contributed by atoms with Crippen molar-refractivity contribution < 1.29 is 14.3 Å². The van der Waals surface area contributed by atoms with Crippen LogP contribution in [0.25, 0.3) is 0 Å². The summed E-state index contributed by atoms with van der Waals surface area (Å²) in [6, 6.07) is 6.56. The number of ether oxygens (including phenoxy) is 1. The first-order valence-corrected chi connectivity index (χ1v) is 10.0. The highest BCUT2D eigenvalue weighted by molar-refractivity contribution is 5.77. The molecular weight excluding hydrogens is 340 g/mol. The Hall–Kier alpha value is -1.88. The third kappa shape index (κ3) is 4.89. The second-order valence-corrected chi connectivity index (χ2v) is 8.37. The largest absolute Gasteiger partial charge is 0.379 e. The van der Waals surface area contributed by atoms with E-state index in [2.05, 4.69) is 37.4 Å². The highest BCUT2D eigenvalue weighted by atomic mass is 16.5. The van der Waals surface area contributed by atoms with Crippen molar-refractivity contribution in [3.05, 3.63) is 34.9 Å². The van der Waals surface area contributed by atoms with Gasteiger partial charge in [0.25, 0.3) is 0 Å². The molecule has 0 radical (unpaired) electrons. The van der Waals surface area contributed by atoms with Gasteiger partial charge in [0.05, 0.1) is 12.1 Å². The Morgan fingerprint density at radius 3 is 2.33 bits per heavy atom. The van der Waals surface area contributed by atoms with E-state index in [4.69, 9.17) is 4.74 Å². The standard InChI is InChI=1S/C22H32N2O3/c1-14-7-15(2)9-17(8-14)5-6-22(26)24-12-18-10-20(23-16(3)25)21(27-4)11-19(18)13-24/h7-9,18-21H,5-6,10-13H2,1-4H3,(H,23,25)/t18-,19+,20-,21-/m1/s1. The topological polar surface area (TPSA) is 58.6 Å². The number of aryl methyl sites for hydroxylation is 3. The van der Waals surface area contributed by atoms with Gasteiger partial charge in [0.2, 0.25) is 11.8 Å². The summed E-state index contributed by atoms with van der Waals surface area (Å²) >= 11 is 0. The molecule has 1 aromatic rings. The third-order valence-corrected chi connectivity index (χ3v) is 6.07. The maximum atomic E-state index is 12.8. The number of carbonyl (C=O) groups excluding carboxylic acids is 2. The first-order valence-electron chi connectivity index (χ1n) is 10.0. The fourth-order valence-corrected chi connectivity index (χ4v) is 4.91. The molecule has 0 unspecified atom stereocenters. The van der Waals surface area contributed by atoms with Crippen LogP contribution in [0.15, 0.2) is 18.2 Å². The fourth-order valence-electron chi connectivity index (χ4n) is 4.91. The number of likely N-dealkylation sites (tertiary alicyclic amines) is 1. The summed E-state index contributed by atoms with van der Waals surface area (Å²) < 4.78 is 5.62. The minimum atomic E-state index is -0.0140. The quantitative estimate of drug-likeness (QED) is 0.864. The van der Waals surface area contributed by atoms with Crippen molar-refractivity contribution in [1.29, 1.82) is 0 Å². The molecule has 1 aromatic carbocycles. The van der Waals surface area contributed by atoms with Crippen LogP contribution in [0, 0.1) is 25.7 Å². The molecule has 5 heteroatoms. The second-order valence-electron chi connectivity index (χ2n) is 8.37. The SMILES string of the molecule is CO[C@@H]1C[C@H]2CN(C(=O)CCc3cc(C)cc(C)c3)C[C@H]2C[C@H]1NC(C)=O. The molecule has 1 aliphatic carbocycles. The number of nitrogens with one attached hydrogen (secondary N) is 1. The van der Waals surface area contributed by atoms with Crippen molar-refractivity contribution in [2.45, 2.75) is 58.6 Å². The van der Waals surface area contributed by atoms with Crippen molar-refractivity contribution in [1.82, 2.24) is 10.2 Å². The van der Waals surface area contributed by atoms with E-state index in [0.29, 0.717) is 18.3 Å². The van der Waals surface area contributed by atoms with Crippen molar-refractivity contribution in [2.75, 3.05) is 20.2 Å². The lowest BCUT2D eigenvalue weighted by Gasteiger charge is -2.37. The molecule has 3 rings (SSSR count). The van der Waals surface area contributed by atoms with Crippen molar-refractivity contribution in [2.24, 2.45) is 11.8 Å². The molecule has 0 bridgehead atoms. The van der Waals surface area contributed by atoms with Gasteiger partial charge in [-0.25, -0.2) is 0 Å². The van der Waals surface area contributed by atoms with E-state index >= 15 is 0 Å². The van der Waals surface area contributed by atoms with E-state index in [9.17, 15) is 9.59 Å². The van der Waals surface area contributed by atoms with Crippen LogP contribution >= 0.6 is 0 Å². The van der Waals surface area contributed by atoms with Gasteiger partial charge in [-0.1, -0.05) is 29.3 Å². The molecule has 2 fully saturated rings. The number of hydrogen-bond acceptors (Lipinski definition) is 3. The van der Waals surface area contributed by atoms with Gasteiger partial charge >= 0.3 is 0 Å². The summed E-state index contributed by atoms with van der Waals surface area (Å²) in [5.41, 5.74) is 3.74. The van der Waals surface area contributed by atoms with Gasteiger partial charge in [0.1, 0.15) is 0 Å². The van der Waals surface area contributed by atoms with E-state index in [1.54, 1.807) is 14.0 Å². The highest BCUT2D eigenvalue weighted by Gasteiger charge is 2.43.